The number of rotatable bonds is 9. The number of amides is 1. The minimum Gasteiger partial charge on any atom is -0.444 e. The minimum absolute atomic E-state index is 0.0476. The van der Waals surface area contributed by atoms with Gasteiger partial charge in [0, 0.05) is 18.8 Å². The number of alkyl carbamates (subject to hydrolysis) is 1. The van der Waals surface area contributed by atoms with Crippen LogP contribution in [0.1, 0.15) is 33.6 Å². The monoisotopic (exact) mass is 470 g/mol. The van der Waals surface area contributed by atoms with Crippen LogP contribution in [0.25, 0.3) is 0 Å². The van der Waals surface area contributed by atoms with Crippen LogP contribution in [0.15, 0.2) is 30.6 Å². The van der Waals surface area contributed by atoms with Gasteiger partial charge in [0.2, 0.25) is 21.3 Å². The zero-order chi connectivity index (χ0) is 23.1. The Morgan fingerprint density at radius 3 is 2.61 bits per heavy atom. The molecule has 0 radical (unpaired) electrons. The maximum Gasteiger partial charge on any atom is 0.407 e. The first-order valence-electron chi connectivity index (χ1n) is 9.60. The van der Waals surface area contributed by atoms with Gasteiger partial charge in [0.15, 0.2) is 0 Å². The third kappa shape index (κ3) is 8.93. The molecule has 0 aliphatic heterocycles. The van der Waals surface area contributed by atoms with E-state index in [1.807, 2.05) is 0 Å². The average Bonchev–Trinajstić information content (AvgIpc) is 2.62. The summed E-state index contributed by atoms with van der Waals surface area (Å²) >= 11 is 5.76. The van der Waals surface area contributed by atoms with Gasteiger partial charge in [-0.1, -0.05) is 6.07 Å². The van der Waals surface area contributed by atoms with Gasteiger partial charge in [-0.25, -0.2) is 23.2 Å². The van der Waals surface area contributed by atoms with Gasteiger partial charge in [-0.2, -0.15) is 4.98 Å². The van der Waals surface area contributed by atoms with Crippen LogP contribution in [-0.4, -0.2) is 54.4 Å². The summed E-state index contributed by atoms with van der Waals surface area (Å²) in [5.74, 6) is 0.247. The van der Waals surface area contributed by atoms with Crippen molar-refractivity contribution in [2.45, 2.75) is 39.2 Å². The van der Waals surface area contributed by atoms with Crippen molar-refractivity contribution in [1.82, 2.24) is 20.3 Å². The lowest BCUT2D eigenvalue weighted by molar-refractivity contribution is 0.0527. The number of aromatic nitrogens is 3. The highest BCUT2D eigenvalue weighted by Gasteiger charge is 2.18. The molecular weight excluding hydrogens is 444 g/mol. The van der Waals surface area contributed by atoms with Crippen molar-refractivity contribution < 1.29 is 17.9 Å². The van der Waals surface area contributed by atoms with Gasteiger partial charge in [-0.3, -0.25) is 4.31 Å². The summed E-state index contributed by atoms with van der Waals surface area (Å²) in [7, 11) is -3.51. The van der Waals surface area contributed by atoms with E-state index in [0.29, 0.717) is 30.8 Å². The summed E-state index contributed by atoms with van der Waals surface area (Å²) in [6, 6.07) is 6.86. The number of halogens is 1. The van der Waals surface area contributed by atoms with E-state index in [4.69, 9.17) is 16.3 Å². The standard InChI is InChI=1S/C19H27ClN6O4S/c1-19(2,3)30-18(27)21-10-5-6-11-26(31(4,28)29)15-9-7-8-14(12-15)24-17-23-13-22-16(20)25-17/h7-9,12-13H,5-6,10-11H2,1-4H3,(H,21,27)(H,22,23,24,25). The van der Waals surface area contributed by atoms with Crippen molar-refractivity contribution >= 4 is 45.0 Å². The van der Waals surface area contributed by atoms with Crippen molar-refractivity contribution in [3.05, 3.63) is 35.9 Å². The summed E-state index contributed by atoms with van der Waals surface area (Å²) in [5.41, 5.74) is 0.524. The number of sulfonamides is 1. The Morgan fingerprint density at radius 1 is 1.23 bits per heavy atom. The molecule has 0 aliphatic carbocycles. The molecule has 2 N–H and O–H groups in total. The summed E-state index contributed by atoms with van der Waals surface area (Å²) in [5, 5.41) is 5.68. The lowest BCUT2D eigenvalue weighted by atomic mass is 10.2. The molecule has 1 aromatic carbocycles. The number of hydrogen-bond donors (Lipinski definition) is 2. The molecule has 10 nitrogen and oxygen atoms in total. The van der Waals surface area contributed by atoms with Crippen LogP contribution >= 0.6 is 11.6 Å². The van der Waals surface area contributed by atoms with Gasteiger partial charge in [0.1, 0.15) is 11.9 Å². The van der Waals surface area contributed by atoms with Gasteiger partial charge < -0.3 is 15.4 Å². The number of hydrogen-bond acceptors (Lipinski definition) is 8. The highest BCUT2D eigenvalue weighted by atomic mass is 35.5. The predicted octanol–water partition coefficient (Wildman–Crippen LogP) is 3.34. The van der Waals surface area contributed by atoms with Crippen molar-refractivity contribution in [2.75, 3.05) is 29.0 Å². The number of ether oxygens (including phenoxy) is 1. The van der Waals surface area contributed by atoms with E-state index >= 15 is 0 Å². The third-order valence-corrected chi connectivity index (χ3v) is 5.17. The maximum absolute atomic E-state index is 12.3. The lowest BCUT2D eigenvalue weighted by Crippen LogP contribution is -2.34. The van der Waals surface area contributed by atoms with Gasteiger partial charge in [-0.05, 0) is 63.4 Å². The fourth-order valence-electron chi connectivity index (χ4n) is 2.58. The first-order chi connectivity index (χ1) is 14.4. The minimum atomic E-state index is -3.51. The summed E-state index contributed by atoms with van der Waals surface area (Å²) < 4.78 is 31.2. The van der Waals surface area contributed by atoms with E-state index in [9.17, 15) is 13.2 Å². The molecule has 2 rings (SSSR count). The first-order valence-corrected chi connectivity index (χ1v) is 11.8. The van der Waals surface area contributed by atoms with E-state index in [-0.39, 0.29) is 17.8 Å². The van der Waals surface area contributed by atoms with Crippen molar-refractivity contribution in [2.24, 2.45) is 0 Å². The van der Waals surface area contributed by atoms with Gasteiger partial charge in [0.05, 0.1) is 11.9 Å². The zero-order valence-corrected chi connectivity index (χ0v) is 19.5. The number of carbonyl (C=O) groups excluding carboxylic acids is 1. The predicted molar refractivity (Wildman–Crippen MR) is 120 cm³/mol. The second-order valence-corrected chi connectivity index (χ2v) is 9.97. The molecule has 1 aromatic heterocycles. The van der Waals surface area contributed by atoms with Crippen molar-refractivity contribution in [3.8, 4) is 0 Å². The number of anilines is 3. The Kier molecular flexibility index (Phi) is 8.40. The number of benzene rings is 1. The molecule has 170 valence electrons. The fraction of sp³-hybridized carbons (Fsp3) is 0.474. The molecule has 31 heavy (non-hydrogen) atoms. The molecule has 1 heterocycles. The van der Waals surface area contributed by atoms with E-state index in [1.165, 1.54) is 10.6 Å². The average molecular weight is 471 g/mol. The van der Waals surface area contributed by atoms with Crippen LogP contribution in [-0.2, 0) is 14.8 Å². The Labute approximate surface area is 187 Å². The van der Waals surface area contributed by atoms with Gasteiger partial charge in [-0.15, -0.1) is 0 Å². The number of nitrogens with zero attached hydrogens (tertiary/aromatic N) is 4. The molecule has 0 bridgehead atoms. The normalized spacial score (nSPS) is 11.6. The van der Waals surface area contributed by atoms with Crippen molar-refractivity contribution in [1.29, 1.82) is 0 Å². The molecule has 2 aromatic rings. The second-order valence-electron chi connectivity index (χ2n) is 7.72. The van der Waals surface area contributed by atoms with E-state index in [2.05, 4.69) is 25.6 Å². The fourth-order valence-corrected chi connectivity index (χ4v) is 3.66. The first kappa shape index (κ1) is 24.6. The Hall–Kier alpha value is -2.66. The molecule has 0 saturated heterocycles. The highest BCUT2D eigenvalue weighted by Crippen LogP contribution is 2.24. The molecule has 0 aliphatic rings. The highest BCUT2D eigenvalue weighted by molar-refractivity contribution is 7.92. The number of nitrogens with one attached hydrogen (secondary N) is 2. The largest absolute Gasteiger partial charge is 0.444 e. The maximum atomic E-state index is 12.3. The zero-order valence-electron chi connectivity index (χ0n) is 17.9. The van der Waals surface area contributed by atoms with Crippen LogP contribution in [0.3, 0.4) is 0 Å². The molecule has 0 spiro atoms. The molecule has 0 fully saturated rings. The van der Waals surface area contributed by atoms with Crippen molar-refractivity contribution in [3.63, 3.8) is 0 Å². The molecule has 0 atom stereocenters. The molecule has 0 saturated carbocycles. The number of carbonyl (C=O) groups is 1. The summed E-state index contributed by atoms with van der Waals surface area (Å²) in [6.45, 7) is 6.00. The quantitative estimate of drug-likeness (QED) is 0.534. The van der Waals surface area contributed by atoms with Crippen LogP contribution in [0.2, 0.25) is 5.28 Å². The van der Waals surface area contributed by atoms with Crippen LogP contribution in [0.5, 0.6) is 0 Å². The summed E-state index contributed by atoms with van der Waals surface area (Å²) in [4.78, 5) is 23.3. The smallest absolute Gasteiger partial charge is 0.407 e. The third-order valence-electron chi connectivity index (χ3n) is 3.79. The summed E-state index contributed by atoms with van der Waals surface area (Å²) in [6.07, 6.45) is 3.06. The van der Waals surface area contributed by atoms with Crippen LogP contribution in [0, 0.1) is 0 Å². The van der Waals surface area contributed by atoms with Gasteiger partial charge >= 0.3 is 6.09 Å². The molecule has 12 heteroatoms. The van der Waals surface area contributed by atoms with Crippen LogP contribution in [0.4, 0.5) is 22.1 Å². The van der Waals surface area contributed by atoms with E-state index < -0.39 is 21.7 Å². The second kappa shape index (κ2) is 10.6. The topological polar surface area (TPSA) is 126 Å². The Bertz CT molecular complexity index is 997. The Morgan fingerprint density at radius 2 is 1.97 bits per heavy atom. The van der Waals surface area contributed by atoms with E-state index in [0.717, 1.165) is 6.26 Å². The lowest BCUT2D eigenvalue weighted by Gasteiger charge is -2.23. The van der Waals surface area contributed by atoms with E-state index in [1.54, 1.807) is 45.0 Å². The van der Waals surface area contributed by atoms with Crippen LogP contribution < -0.4 is 14.9 Å². The number of unbranched alkanes of at least 4 members (excludes halogenated alkanes) is 1. The molecule has 0 unspecified atom stereocenters. The van der Waals surface area contributed by atoms with Gasteiger partial charge in [0.25, 0.3) is 0 Å². The SMILES string of the molecule is CC(C)(C)OC(=O)NCCCCN(c1cccc(Nc2ncnc(Cl)n2)c1)S(C)(=O)=O. The molecule has 1 amide bonds. The Balaban J connectivity index is 1.97. The molecular formula is C19H27ClN6O4S.